The Balaban J connectivity index is 1.47. The Hall–Kier alpha value is -3.19. The molecule has 0 radical (unpaired) electrons. The molecule has 0 spiro atoms. The quantitative estimate of drug-likeness (QED) is 0.395. The third kappa shape index (κ3) is 3.36. The number of rotatable bonds is 6. The van der Waals surface area contributed by atoms with Gasteiger partial charge in [-0.05, 0) is 37.4 Å². The minimum Gasteiger partial charge on any atom is -0.452 e. The van der Waals surface area contributed by atoms with E-state index in [1.165, 1.54) is 4.88 Å². The van der Waals surface area contributed by atoms with Gasteiger partial charge in [0.15, 0.2) is 12.3 Å². The molecule has 0 saturated heterocycles. The lowest BCUT2D eigenvalue weighted by atomic mass is 10.1. The normalized spacial score (nSPS) is 11.1. The third-order valence-corrected chi connectivity index (χ3v) is 5.63. The van der Waals surface area contributed by atoms with Gasteiger partial charge in [-0.3, -0.25) is 9.89 Å². The zero-order chi connectivity index (χ0) is 19.7. The molecule has 0 fully saturated rings. The number of aromatic amines is 1. The molecule has 1 aromatic carbocycles. The lowest BCUT2D eigenvalue weighted by molar-refractivity contribution is 0.0470. The summed E-state index contributed by atoms with van der Waals surface area (Å²) in [5.41, 5.74) is 3.38. The van der Waals surface area contributed by atoms with Gasteiger partial charge in [-0.15, -0.1) is 11.3 Å². The summed E-state index contributed by atoms with van der Waals surface area (Å²) in [5.74, 6) is -0.836. The average Bonchev–Trinajstić information content (AvgIpc) is 3.42. The molecule has 0 saturated carbocycles. The van der Waals surface area contributed by atoms with Crippen LogP contribution in [0.15, 0.2) is 47.8 Å². The number of H-pyrrole nitrogens is 1. The predicted octanol–water partition coefficient (Wildman–Crippen LogP) is 4.13. The number of carbonyl (C=O) groups excluding carboxylic acids is 2. The van der Waals surface area contributed by atoms with Gasteiger partial charge < -0.3 is 9.30 Å². The van der Waals surface area contributed by atoms with Crippen LogP contribution >= 0.6 is 11.3 Å². The average molecular weight is 393 g/mol. The number of ketones is 1. The Morgan fingerprint density at radius 3 is 2.79 bits per heavy atom. The van der Waals surface area contributed by atoms with Crippen molar-refractivity contribution in [3.63, 3.8) is 0 Å². The van der Waals surface area contributed by atoms with E-state index in [0.717, 1.165) is 23.4 Å². The summed E-state index contributed by atoms with van der Waals surface area (Å²) in [6.45, 7) is 4.29. The number of aromatic nitrogens is 3. The lowest BCUT2D eigenvalue weighted by Crippen LogP contribution is -2.15. The number of hydrogen-bond acceptors (Lipinski definition) is 5. The highest BCUT2D eigenvalue weighted by atomic mass is 32.1. The van der Waals surface area contributed by atoms with Crippen LogP contribution < -0.4 is 0 Å². The van der Waals surface area contributed by atoms with Crippen molar-refractivity contribution in [3.8, 4) is 0 Å². The summed E-state index contributed by atoms with van der Waals surface area (Å²) >= 11 is 1.68. The standard InChI is InChI=1S/C21H19N3O3S/c1-13-10-17(14(2)24(13)11-15-6-5-9-28-15)19(25)12-27-21(26)20-16-7-3-4-8-18(16)22-23-20/h3-10H,11-12H2,1-2H3,(H,22,23). The van der Waals surface area contributed by atoms with Crippen LogP contribution in [-0.4, -0.2) is 33.1 Å². The van der Waals surface area contributed by atoms with Crippen molar-refractivity contribution in [1.82, 2.24) is 14.8 Å². The summed E-state index contributed by atoms with van der Waals surface area (Å²) in [6, 6.07) is 13.2. The number of esters is 1. The third-order valence-electron chi connectivity index (χ3n) is 4.77. The zero-order valence-corrected chi connectivity index (χ0v) is 16.4. The van der Waals surface area contributed by atoms with Crippen molar-refractivity contribution in [2.45, 2.75) is 20.4 Å². The van der Waals surface area contributed by atoms with Gasteiger partial charge in [0.25, 0.3) is 0 Å². The Bertz CT molecular complexity index is 1160. The molecule has 3 heterocycles. The second-order valence-electron chi connectivity index (χ2n) is 6.57. The van der Waals surface area contributed by atoms with Gasteiger partial charge >= 0.3 is 5.97 Å². The summed E-state index contributed by atoms with van der Waals surface area (Å²) in [5, 5.41) is 9.51. The summed E-state index contributed by atoms with van der Waals surface area (Å²) in [7, 11) is 0. The highest BCUT2D eigenvalue weighted by molar-refractivity contribution is 7.09. The number of thiophene rings is 1. The van der Waals surface area contributed by atoms with Crippen molar-refractivity contribution in [1.29, 1.82) is 0 Å². The molecular formula is C21H19N3O3S. The highest BCUT2D eigenvalue weighted by Gasteiger charge is 2.20. The van der Waals surface area contributed by atoms with E-state index in [9.17, 15) is 9.59 Å². The van der Waals surface area contributed by atoms with E-state index in [4.69, 9.17) is 4.74 Å². The number of fused-ring (bicyclic) bond motifs is 1. The van der Waals surface area contributed by atoms with Gasteiger partial charge in [-0.2, -0.15) is 5.10 Å². The maximum absolute atomic E-state index is 12.7. The summed E-state index contributed by atoms with van der Waals surface area (Å²) in [4.78, 5) is 26.2. The second-order valence-corrected chi connectivity index (χ2v) is 7.60. The number of hydrogen-bond donors (Lipinski definition) is 1. The van der Waals surface area contributed by atoms with Crippen LogP contribution in [0, 0.1) is 13.8 Å². The number of carbonyl (C=O) groups is 2. The SMILES string of the molecule is Cc1cc(C(=O)COC(=O)c2n[nH]c3ccccc23)c(C)n1Cc1cccs1. The molecule has 0 atom stereocenters. The summed E-state index contributed by atoms with van der Waals surface area (Å²) < 4.78 is 7.34. The fourth-order valence-corrected chi connectivity index (χ4v) is 3.97. The van der Waals surface area contributed by atoms with Crippen LogP contribution in [0.4, 0.5) is 0 Å². The van der Waals surface area contributed by atoms with E-state index in [-0.39, 0.29) is 18.1 Å². The molecule has 0 amide bonds. The molecule has 6 nitrogen and oxygen atoms in total. The van der Waals surface area contributed by atoms with Gasteiger partial charge in [-0.1, -0.05) is 24.3 Å². The lowest BCUT2D eigenvalue weighted by Gasteiger charge is -2.08. The number of benzene rings is 1. The summed E-state index contributed by atoms with van der Waals surface area (Å²) in [6.07, 6.45) is 0. The largest absolute Gasteiger partial charge is 0.452 e. The topological polar surface area (TPSA) is 77.0 Å². The van der Waals surface area contributed by atoms with Crippen LogP contribution in [-0.2, 0) is 11.3 Å². The fraction of sp³-hybridized carbons (Fsp3) is 0.190. The van der Waals surface area contributed by atoms with E-state index >= 15 is 0 Å². The van der Waals surface area contributed by atoms with Crippen LogP contribution in [0.5, 0.6) is 0 Å². The fourth-order valence-electron chi connectivity index (χ4n) is 3.28. The first-order valence-corrected chi connectivity index (χ1v) is 9.75. The number of para-hydroxylation sites is 1. The molecule has 0 aliphatic rings. The van der Waals surface area contributed by atoms with Gasteiger partial charge in [-0.25, -0.2) is 4.79 Å². The Morgan fingerprint density at radius 1 is 1.18 bits per heavy atom. The van der Waals surface area contributed by atoms with E-state index in [1.54, 1.807) is 17.4 Å². The number of Topliss-reactive ketones (excluding diaryl/α,β-unsaturated/α-hetero) is 1. The number of aryl methyl sites for hydroxylation is 1. The molecule has 0 aliphatic carbocycles. The predicted molar refractivity (Wildman–Crippen MR) is 108 cm³/mol. The molecule has 4 rings (SSSR count). The first kappa shape index (κ1) is 18.2. The van der Waals surface area contributed by atoms with E-state index in [0.29, 0.717) is 10.9 Å². The smallest absolute Gasteiger partial charge is 0.359 e. The zero-order valence-electron chi connectivity index (χ0n) is 15.6. The molecule has 1 N–H and O–H groups in total. The monoisotopic (exact) mass is 393 g/mol. The molecule has 0 unspecified atom stereocenters. The van der Waals surface area contributed by atoms with Gasteiger partial charge in [0, 0.05) is 27.2 Å². The van der Waals surface area contributed by atoms with Crippen molar-refractivity contribution in [2.75, 3.05) is 6.61 Å². The molecule has 28 heavy (non-hydrogen) atoms. The first-order valence-electron chi connectivity index (χ1n) is 8.87. The molecule has 7 heteroatoms. The molecule has 0 bridgehead atoms. The number of nitrogens with zero attached hydrogens (tertiary/aromatic N) is 2. The Morgan fingerprint density at radius 2 is 2.00 bits per heavy atom. The van der Waals surface area contributed by atoms with Crippen molar-refractivity contribution in [3.05, 3.63) is 75.4 Å². The minimum absolute atomic E-state index is 0.187. The van der Waals surface area contributed by atoms with E-state index in [2.05, 4.69) is 20.8 Å². The van der Waals surface area contributed by atoms with E-state index in [1.807, 2.05) is 49.6 Å². The second kappa shape index (κ2) is 7.44. The molecule has 4 aromatic rings. The van der Waals surface area contributed by atoms with Gasteiger partial charge in [0.2, 0.25) is 5.78 Å². The van der Waals surface area contributed by atoms with Crippen LogP contribution in [0.3, 0.4) is 0 Å². The highest BCUT2D eigenvalue weighted by Crippen LogP contribution is 2.20. The Labute approximate surface area is 165 Å². The maximum atomic E-state index is 12.7. The maximum Gasteiger partial charge on any atom is 0.359 e. The first-order chi connectivity index (χ1) is 13.5. The van der Waals surface area contributed by atoms with E-state index < -0.39 is 5.97 Å². The molecule has 0 aliphatic heterocycles. The molecule has 142 valence electrons. The van der Waals surface area contributed by atoms with Crippen molar-refractivity contribution in [2.24, 2.45) is 0 Å². The van der Waals surface area contributed by atoms with Crippen LogP contribution in [0.25, 0.3) is 10.9 Å². The number of ether oxygens (including phenoxy) is 1. The van der Waals surface area contributed by atoms with Gasteiger partial charge in [0.05, 0.1) is 12.1 Å². The number of nitrogens with one attached hydrogen (secondary N) is 1. The Kier molecular flexibility index (Phi) is 4.83. The molecular weight excluding hydrogens is 374 g/mol. The van der Waals surface area contributed by atoms with Gasteiger partial charge in [0.1, 0.15) is 0 Å². The van der Waals surface area contributed by atoms with Crippen LogP contribution in [0.2, 0.25) is 0 Å². The van der Waals surface area contributed by atoms with Crippen LogP contribution in [0.1, 0.15) is 37.1 Å². The van der Waals surface area contributed by atoms with Crippen molar-refractivity contribution < 1.29 is 14.3 Å². The minimum atomic E-state index is -0.613. The molecule has 3 aromatic heterocycles. The van der Waals surface area contributed by atoms with Crippen molar-refractivity contribution >= 4 is 34.0 Å².